The molecule has 0 bridgehead atoms. The minimum Gasteiger partial charge on any atom is -0.349 e. The number of nitrogens with one attached hydrogen (secondary N) is 2. The van der Waals surface area contributed by atoms with Crippen molar-refractivity contribution in [3.8, 4) is 0 Å². The number of carbonyl (C=O) groups is 1. The van der Waals surface area contributed by atoms with Gasteiger partial charge in [-0.25, -0.2) is 0 Å². The Hall–Kier alpha value is -0.900. The molecule has 1 unspecified atom stereocenters. The average Bonchev–Trinajstić information content (AvgIpc) is 1.82. The van der Waals surface area contributed by atoms with E-state index in [-0.39, 0.29) is 17.7 Å². The van der Waals surface area contributed by atoms with Crippen LogP contribution in [0.2, 0.25) is 0 Å². The lowest BCUT2D eigenvalue weighted by atomic mass is 10.3. The third-order valence-electron chi connectivity index (χ3n) is 0.925. The first-order valence-corrected chi connectivity index (χ1v) is 3.13. The summed E-state index contributed by atoms with van der Waals surface area (Å²) in [6.07, 6.45) is 0. The predicted octanol–water partition coefficient (Wildman–Crippen LogP) is -0.511. The topological polar surface area (TPSA) is 79.0 Å². The van der Waals surface area contributed by atoms with E-state index >= 15 is 0 Å². The summed E-state index contributed by atoms with van der Waals surface area (Å²) in [5.74, 6) is -0.350. The van der Waals surface area contributed by atoms with Crippen LogP contribution in [0.1, 0.15) is 13.8 Å². The molecule has 0 spiro atoms. The summed E-state index contributed by atoms with van der Waals surface area (Å²) < 4.78 is 0. The quantitative estimate of drug-likeness (QED) is 0.465. The van der Waals surface area contributed by atoms with E-state index in [1.807, 2.05) is 0 Å². The first-order chi connectivity index (χ1) is 4.54. The van der Waals surface area contributed by atoms with Crippen molar-refractivity contribution in [3.63, 3.8) is 0 Å². The zero-order chi connectivity index (χ0) is 8.15. The van der Waals surface area contributed by atoms with Crippen molar-refractivity contribution in [1.82, 2.24) is 5.32 Å². The van der Waals surface area contributed by atoms with Gasteiger partial charge >= 0.3 is 0 Å². The van der Waals surface area contributed by atoms with Gasteiger partial charge in [-0.05, 0) is 13.8 Å². The number of carbonyl (C=O) groups excluding carboxylic acids is 1. The minimum absolute atomic E-state index is 0.0145. The molecule has 0 rings (SSSR count). The highest BCUT2D eigenvalue weighted by Crippen LogP contribution is 1.73. The molecule has 4 heteroatoms. The number of hydrogen-bond donors (Lipinski definition) is 3. The summed E-state index contributed by atoms with van der Waals surface area (Å²) in [6.45, 7) is 3.66. The van der Waals surface area contributed by atoms with E-state index in [0.29, 0.717) is 6.54 Å². The van der Waals surface area contributed by atoms with Crippen LogP contribution in [0.4, 0.5) is 0 Å². The summed E-state index contributed by atoms with van der Waals surface area (Å²) in [7, 11) is 0. The molecule has 1 atom stereocenters. The highest BCUT2D eigenvalue weighted by Gasteiger charge is 2.02. The molecule has 4 N–H and O–H groups in total. The summed E-state index contributed by atoms with van der Waals surface area (Å²) in [4.78, 5) is 10.7. The first kappa shape index (κ1) is 9.10. The molecule has 0 aromatic heterocycles. The van der Waals surface area contributed by atoms with Gasteiger partial charge in [0.25, 0.3) is 5.91 Å². The van der Waals surface area contributed by atoms with Crippen LogP contribution < -0.4 is 11.1 Å². The Morgan fingerprint density at radius 3 is 2.60 bits per heavy atom. The molecule has 0 fully saturated rings. The third-order valence-corrected chi connectivity index (χ3v) is 0.925. The molecule has 0 aliphatic carbocycles. The van der Waals surface area contributed by atoms with E-state index in [1.54, 1.807) is 6.92 Å². The Morgan fingerprint density at radius 2 is 2.30 bits per heavy atom. The van der Waals surface area contributed by atoms with Gasteiger partial charge in [0, 0.05) is 12.6 Å². The molecule has 58 valence electrons. The lowest BCUT2D eigenvalue weighted by Crippen LogP contribution is -2.37. The van der Waals surface area contributed by atoms with E-state index in [0.717, 1.165) is 0 Å². The van der Waals surface area contributed by atoms with Gasteiger partial charge in [-0.2, -0.15) is 0 Å². The van der Waals surface area contributed by atoms with Gasteiger partial charge < -0.3 is 11.1 Å². The van der Waals surface area contributed by atoms with Crippen molar-refractivity contribution in [2.24, 2.45) is 5.73 Å². The fourth-order valence-corrected chi connectivity index (χ4v) is 0.386. The molecule has 1 amide bonds. The van der Waals surface area contributed by atoms with Crippen LogP contribution in [0, 0.1) is 5.41 Å². The second-order valence-corrected chi connectivity index (χ2v) is 2.31. The number of hydrogen-bond acceptors (Lipinski definition) is 3. The summed E-state index contributed by atoms with van der Waals surface area (Å²) in [6, 6.07) is -0.0525. The van der Waals surface area contributed by atoms with Crippen molar-refractivity contribution < 1.29 is 4.79 Å². The van der Waals surface area contributed by atoms with Gasteiger partial charge in [0.15, 0.2) is 0 Å². The molecule has 0 aliphatic rings. The Kier molecular flexibility index (Phi) is 3.64. The highest BCUT2D eigenvalue weighted by molar-refractivity contribution is 6.36. The minimum atomic E-state index is -0.350. The third kappa shape index (κ3) is 4.03. The molecule has 10 heavy (non-hydrogen) atoms. The van der Waals surface area contributed by atoms with Crippen LogP contribution in [0.3, 0.4) is 0 Å². The molecular formula is C6H13N3O. The summed E-state index contributed by atoms with van der Waals surface area (Å²) in [5, 5.41) is 9.38. The van der Waals surface area contributed by atoms with E-state index < -0.39 is 0 Å². The van der Waals surface area contributed by atoms with Crippen LogP contribution in [-0.2, 0) is 4.79 Å². The van der Waals surface area contributed by atoms with Gasteiger partial charge in [-0.1, -0.05) is 0 Å². The largest absolute Gasteiger partial charge is 0.349 e. The van der Waals surface area contributed by atoms with Crippen LogP contribution in [0.15, 0.2) is 0 Å². The van der Waals surface area contributed by atoms with Crippen molar-refractivity contribution >= 4 is 11.6 Å². The molecule has 0 saturated heterocycles. The zero-order valence-electron chi connectivity index (χ0n) is 6.27. The van der Waals surface area contributed by atoms with Crippen LogP contribution >= 0.6 is 0 Å². The Morgan fingerprint density at radius 1 is 1.80 bits per heavy atom. The normalized spacial score (nSPS) is 12.3. The molecule has 4 nitrogen and oxygen atoms in total. The smallest absolute Gasteiger partial charge is 0.264 e. The second-order valence-electron chi connectivity index (χ2n) is 2.31. The number of nitrogens with two attached hydrogens (primary N) is 1. The fraction of sp³-hybridized carbons (Fsp3) is 0.667. The monoisotopic (exact) mass is 143 g/mol. The maximum atomic E-state index is 10.7. The van der Waals surface area contributed by atoms with Crippen molar-refractivity contribution in [2.45, 2.75) is 19.9 Å². The second kappa shape index (κ2) is 4.00. The van der Waals surface area contributed by atoms with Crippen molar-refractivity contribution in [1.29, 1.82) is 5.41 Å². The van der Waals surface area contributed by atoms with E-state index in [9.17, 15) is 4.79 Å². The predicted molar refractivity (Wildman–Crippen MR) is 40.1 cm³/mol. The van der Waals surface area contributed by atoms with E-state index in [4.69, 9.17) is 11.1 Å². The van der Waals surface area contributed by atoms with Crippen molar-refractivity contribution in [2.75, 3.05) is 6.54 Å². The molecule has 0 radical (unpaired) electrons. The maximum Gasteiger partial charge on any atom is 0.264 e. The molecule has 0 heterocycles. The van der Waals surface area contributed by atoms with Crippen LogP contribution in [-0.4, -0.2) is 24.2 Å². The Bertz CT molecular complexity index is 142. The summed E-state index contributed by atoms with van der Waals surface area (Å²) >= 11 is 0. The van der Waals surface area contributed by atoms with E-state index in [2.05, 4.69) is 5.32 Å². The van der Waals surface area contributed by atoms with Gasteiger partial charge in [0.05, 0.1) is 5.71 Å². The highest BCUT2D eigenvalue weighted by atomic mass is 16.1. The first-order valence-electron chi connectivity index (χ1n) is 3.13. The van der Waals surface area contributed by atoms with Crippen molar-refractivity contribution in [3.05, 3.63) is 0 Å². The maximum absolute atomic E-state index is 10.7. The Labute approximate surface area is 60.3 Å². The standard InChI is InChI=1S/C6H13N3O/c1-4(7)3-9-6(10)5(2)8/h4,8H,3,7H2,1-2H3,(H,9,10). The lowest BCUT2D eigenvalue weighted by molar-refractivity contribution is -0.114. The molecule has 0 saturated carbocycles. The lowest BCUT2D eigenvalue weighted by Gasteiger charge is -2.05. The van der Waals surface area contributed by atoms with Gasteiger partial charge in [0.1, 0.15) is 0 Å². The Balaban J connectivity index is 3.50. The number of amides is 1. The van der Waals surface area contributed by atoms with Crippen LogP contribution in [0.25, 0.3) is 0 Å². The molecular weight excluding hydrogens is 130 g/mol. The SMILES string of the molecule is CC(=N)C(=O)NCC(C)N. The number of rotatable bonds is 3. The average molecular weight is 143 g/mol. The fourth-order valence-electron chi connectivity index (χ4n) is 0.386. The van der Waals surface area contributed by atoms with Crippen LogP contribution in [0.5, 0.6) is 0 Å². The zero-order valence-corrected chi connectivity index (χ0v) is 6.27. The summed E-state index contributed by atoms with van der Waals surface area (Å²) in [5.41, 5.74) is 5.37. The molecule has 0 aromatic rings. The van der Waals surface area contributed by atoms with Gasteiger partial charge in [-0.15, -0.1) is 0 Å². The molecule has 0 aromatic carbocycles. The molecule has 0 aliphatic heterocycles. The van der Waals surface area contributed by atoms with Gasteiger partial charge in [-0.3, -0.25) is 10.2 Å². The van der Waals surface area contributed by atoms with Gasteiger partial charge in [0.2, 0.25) is 0 Å². The van der Waals surface area contributed by atoms with E-state index in [1.165, 1.54) is 6.92 Å².